The van der Waals surface area contributed by atoms with Gasteiger partial charge in [0, 0.05) is 25.4 Å². The van der Waals surface area contributed by atoms with Gasteiger partial charge in [-0.25, -0.2) is 0 Å². The predicted octanol–water partition coefficient (Wildman–Crippen LogP) is 1.70. The third-order valence-electron chi connectivity index (χ3n) is 3.79. The maximum absolute atomic E-state index is 11.8. The first-order valence-electron chi connectivity index (χ1n) is 6.57. The van der Waals surface area contributed by atoms with Crippen molar-refractivity contribution in [3.05, 3.63) is 0 Å². The minimum Gasteiger partial charge on any atom is -0.395 e. The second-order valence-electron chi connectivity index (χ2n) is 4.83. The molecule has 94 valence electrons. The molecule has 0 aromatic carbocycles. The molecule has 0 aromatic rings. The first kappa shape index (κ1) is 13.7. The van der Waals surface area contributed by atoms with Gasteiger partial charge in [0.15, 0.2) is 0 Å². The van der Waals surface area contributed by atoms with Crippen LogP contribution in [0.2, 0.25) is 0 Å². The Balaban J connectivity index is 2.46. The zero-order valence-corrected chi connectivity index (χ0v) is 10.6. The average molecular weight is 227 g/mol. The van der Waals surface area contributed by atoms with Gasteiger partial charge in [-0.1, -0.05) is 20.3 Å². The molecule has 1 aliphatic rings. The molecule has 0 saturated heterocycles. The van der Waals surface area contributed by atoms with Crippen LogP contribution in [0.25, 0.3) is 0 Å². The van der Waals surface area contributed by atoms with Crippen LogP contribution < -0.4 is 0 Å². The second kappa shape index (κ2) is 7.02. The van der Waals surface area contributed by atoms with Gasteiger partial charge in [0.1, 0.15) is 5.78 Å². The molecule has 1 saturated carbocycles. The van der Waals surface area contributed by atoms with Crippen LogP contribution in [0.15, 0.2) is 0 Å². The van der Waals surface area contributed by atoms with E-state index in [-0.39, 0.29) is 12.5 Å². The number of nitrogens with zero attached hydrogens (tertiary/aromatic N) is 1. The predicted molar refractivity (Wildman–Crippen MR) is 65.3 cm³/mol. The van der Waals surface area contributed by atoms with E-state index in [1.807, 2.05) is 0 Å². The topological polar surface area (TPSA) is 40.5 Å². The summed E-state index contributed by atoms with van der Waals surface area (Å²) in [5.74, 6) is 1.38. The number of ketones is 1. The monoisotopic (exact) mass is 227 g/mol. The molecule has 3 nitrogen and oxygen atoms in total. The fourth-order valence-corrected chi connectivity index (χ4v) is 2.58. The molecule has 1 N–H and O–H groups in total. The highest BCUT2D eigenvalue weighted by atomic mass is 16.3. The van der Waals surface area contributed by atoms with Crippen molar-refractivity contribution in [3.63, 3.8) is 0 Å². The summed E-state index contributed by atoms with van der Waals surface area (Å²) in [6.07, 6.45) is 4.09. The summed E-state index contributed by atoms with van der Waals surface area (Å²) < 4.78 is 0. The first-order chi connectivity index (χ1) is 7.71. The third kappa shape index (κ3) is 3.87. The van der Waals surface area contributed by atoms with E-state index < -0.39 is 0 Å². The lowest BCUT2D eigenvalue weighted by Gasteiger charge is -2.31. The van der Waals surface area contributed by atoms with Crippen molar-refractivity contribution < 1.29 is 9.90 Å². The number of hydrogen-bond acceptors (Lipinski definition) is 3. The first-order valence-corrected chi connectivity index (χ1v) is 6.57. The van der Waals surface area contributed by atoms with E-state index in [1.54, 1.807) is 0 Å². The fraction of sp³-hybridized carbons (Fsp3) is 0.923. The van der Waals surface area contributed by atoms with Gasteiger partial charge in [0.05, 0.1) is 6.61 Å². The van der Waals surface area contributed by atoms with Gasteiger partial charge in [0.2, 0.25) is 0 Å². The standard InChI is InChI=1S/C13H25NO2/c1-3-11-5-6-13(16)12(9-11)10-14(4-2)7-8-15/h11-12,15H,3-10H2,1-2H3. The fourth-order valence-electron chi connectivity index (χ4n) is 2.58. The minimum absolute atomic E-state index is 0.186. The van der Waals surface area contributed by atoms with Crippen LogP contribution in [0, 0.1) is 11.8 Å². The molecule has 3 heteroatoms. The maximum atomic E-state index is 11.8. The van der Waals surface area contributed by atoms with Gasteiger partial charge in [-0.3, -0.25) is 4.79 Å². The van der Waals surface area contributed by atoms with Gasteiger partial charge in [-0.05, 0) is 25.3 Å². The molecule has 0 aromatic heterocycles. The van der Waals surface area contributed by atoms with Crippen molar-refractivity contribution in [3.8, 4) is 0 Å². The van der Waals surface area contributed by atoms with E-state index >= 15 is 0 Å². The highest BCUT2D eigenvalue weighted by molar-refractivity contribution is 5.81. The molecular formula is C13H25NO2. The smallest absolute Gasteiger partial charge is 0.137 e. The van der Waals surface area contributed by atoms with Crippen molar-refractivity contribution in [1.29, 1.82) is 0 Å². The molecule has 1 fully saturated rings. The number of aliphatic hydroxyl groups is 1. The van der Waals surface area contributed by atoms with Crippen LogP contribution in [0.3, 0.4) is 0 Å². The number of likely N-dealkylation sites (N-methyl/N-ethyl adjacent to an activating group) is 1. The van der Waals surface area contributed by atoms with Gasteiger partial charge >= 0.3 is 0 Å². The number of Topliss-reactive ketones (excluding diaryl/α,β-unsaturated/α-hetero) is 1. The molecule has 0 aliphatic heterocycles. The van der Waals surface area contributed by atoms with E-state index in [1.165, 1.54) is 6.42 Å². The highest BCUT2D eigenvalue weighted by Gasteiger charge is 2.28. The van der Waals surface area contributed by atoms with Crippen molar-refractivity contribution in [2.45, 2.75) is 39.5 Å². The quantitative estimate of drug-likeness (QED) is 0.751. The van der Waals surface area contributed by atoms with Crippen molar-refractivity contribution >= 4 is 5.78 Å². The summed E-state index contributed by atoms with van der Waals surface area (Å²) in [5.41, 5.74) is 0. The second-order valence-corrected chi connectivity index (χ2v) is 4.83. The van der Waals surface area contributed by atoms with Gasteiger partial charge in [-0.15, -0.1) is 0 Å². The van der Waals surface area contributed by atoms with Gasteiger partial charge < -0.3 is 10.0 Å². The molecule has 0 bridgehead atoms. The summed E-state index contributed by atoms with van der Waals surface area (Å²) in [4.78, 5) is 14.0. The number of carbonyl (C=O) groups is 1. The van der Waals surface area contributed by atoms with Gasteiger partial charge in [0.25, 0.3) is 0 Å². The van der Waals surface area contributed by atoms with E-state index in [2.05, 4.69) is 18.7 Å². The molecule has 0 amide bonds. The number of aliphatic hydroxyl groups excluding tert-OH is 1. The molecule has 2 atom stereocenters. The number of hydrogen-bond donors (Lipinski definition) is 1. The Hall–Kier alpha value is -0.410. The van der Waals surface area contributed by atoms with Crippen LogP contribution in [0.1, 0.15) is 39.5 Å². The molecule has 2 unspecified atom stereocenters. The van der Waals surface area contributed by atoms with Crippen molar-refractivity contribution in [2.24, 2.45) is 11.8 Å². The minimum atomic E-state index is 0.186. The third-order valence-corrected chi connectivity index (χ3v) is 3.79. The van der Waals surface area contributed by atoms with E-state index in [9.17, 15) is 4.79 Å². The van der Waals surface area contributed by atoms with E-state index in [4.69, 9.17) is 5.11 Å². The summed E-state index contributed by atoms with van der Waals surface area (Å²) in [6, 6.07) is 0. The average Bonchev–Trinajstić information content (AvgIpc) is 2.31. The summed E-state index contributed by atoms with van der Waals surface area (Å²) >= 11 is 0. The van der Waals surface area contributed by atoms with E-state index in [0.717, 1.165) is 38.3 Å². The molecule has 0 spiro atoms. The molecule has 16 heavy (non-hydrogen) atoms. The van der Waals surface area contributed by atoms with E-state index in [0.29, 0.717) is 12.3 Å². The van der Waals surface area contributed by atoms with Crippen molar-refractivity contribution in [2.75, 3.05) is 26.2 Å². The zero-order chi connectivity index (χ0) is 12.0. The zero-order valence-electron chi connectivity index (χ0n) is 10.6. The Kier molecular flexibility index (Phi) is 5.99. The van der Waals surface area contributed by atoms with Gasteiger partial charge in [-0.2, -0.15) is 0 Å². The normalized spacial score (nSPS) is 26.4. The van der Waals surface area contributed by atoms with Crippen LogP contribution in [0.4, 0.5) is 0 Å². The maximum Gasteiger partial charge on any atom is 0.137 e. The SMILES string of the molecule is CCC1CCC(=O)C(CN(CC)CCO)C1. The number of rotatable bonds is 6. The summed E-state index contributed by atoms with van der Waals surface area (Å²) in [5, 5.41) is 8.93. The number of carbonyl (C=O) groups excluding carboxylic acids is 1. The van der Waals surface area contributed by atoms with Crippen molar-refractivity contribution in [1.82, 2.24) is 4.90 Å². The molecular weight excluding hydrogens is 202 g/mol. The lowest BCUT2D eigenvalue weighted by Crippen LogP contribution is -2.37. The summed E-state index contributed by atoms with van der Waals surface area (Å²) in [6.45, 7) is 6.93. The Morgan fingerprint density at radius 2 is 2.19 bits per heavy atom. The van der Waals surface area contributed by atoms with Crippen LogP contribution >= 0.6 is 0 Å². The molecule has 1 rings (SSSR count). The van der Waals surface area contributed by atoms with Crippen LogP contribution in [-0.2, 0) is 4.79 Å². The van der Waals surface area contributed by atoms with Crippen LogP contribution in [0.5, 0.6) is 0 Å². The lowest BCUT2D eigenvalue weighted by atomic mass is 9.79. The Labute approximate surface area is 98.8 Å². The van der Waals surface area contributed by atoms with Crippen LogP contribution in [-0.4, -0.2) is 42.0 Å². The molecule has 0 radical (unpaired) electrons. The molecule has 0 heterocycles. The Morgan fingerprint density at radius 1 is 1.44 bits per heavy atom. The largest absolute Gasteiger partial charge is 0.395 e. The Morgan fingerprint density at radius 3 is 2.75 bits per heavy atom. The Bertz CT molecular complexity index is 218. The lowest BCUT2D eigenvalue weighted by molar-refractivity contribution is -0.126. The molecule has 1 aliphatic carbocycles. The summed E-state index contributed by atoms with van der Waals surface area (Å²) in [7, 11) is 0. The highest BCUT2D eigenvalue weighted by Crippen LogP contribution is 2.29.